The van der Waals surface area contributed by atoms with Crippen LogP contribution in [0.25, 0.3) is 0 Å². The number of halogens is 4. The number of benzene rings is 2. The molecule has 0 amide bonds. The lowest BCUT2D eigenvalue weighted by Gasteiger charge is -2.19. The van der Waals surface area contributed by atoms with Gasteiger partial charge in [0.15, 0.2) is 17.5 Å². The van der Waals surface area contributed by atoms with Crippen LogP contribution >= 0.6 is 11.6 Å². The summed E-state index contributed by atoms with van der Waals surface area (Å²) >= 11 is 5.76. The van der Waals surface area contributed by atoms with E-state index in [2.05, 4.69) is 5.32 Å². The van der Waals surface area contributed by atoms with Gasteiger partial charge in [0.25, 0.3) is 0 Å². The molecule has 0 aromatic heterocycles. The zero-order valence-electron chi connectivity index (χ0n) is 10.3. The molecule has 106 valence electrons. The van der Waals surface area contributed by atoms with Gasteiger partial charge in [-0.25, -0.2) is 13.2 Å². The Morgan fingerprint density at radius 2 is 1.60 bits per heavy atom. The third-order valence-electron chi connectivity index (χ3n) is 2.83. The highest BCUT2D eigenvalue weighted by Gasteiger charge is 2.16. The number of anilines is 1. The lowest BCUT2D eigenvalue weighted by molar-refractivity contribution is 0.444. The zero-order chi connectivity index (χ0) is 14.7. The van der Waals surface area contributed by atoms with Gasteiger partial charge in [-0.3, -0.25) is 0 Å². The van der Waals surface area contributed by atoms with Crippen molar-refractivity contribution in [2.24, 2.45) is 5.73 Å². The minimum absolute atomic E-state index is 0.0904. The van der Waals surface area contributed by atoms with E-state index in [0.29, 0.717) is 10.7 Å². The van der Waals surface area contributed by atoms with Crippen LogP contribution in [0.3, 0.4) is 0 Å². The average molecular weight is 301 g/mol. The van der Waals surface area contributed by atoms with Gasteiger partial charge >= 0.3 is 0 Å². The highest BCUT2D eigenvalue weighted by molar-refractivity contribution is 6.30. The van der Waals surface area contributed by atoms with Crippen LogP contribution in [-0.2, 0) is 0 Å². The minimum Gasteiger partial charge on any atom is -0.377 e. The average Bonchev–Trinajstić information content (AvgIpc) is 2.43. The molecule has 2 aromatic carbocycles. The lowest BCUT2D eigenvalue weighted by Crippen LogP contribution is -2.21. The van der Waals surface area contributed by atoms with Crippen molar-refractivity contribution in [2.75, 3.05) is 11.9 Å². The van der Waals surface area contributed by atoms with E-state index in [4.69, 9.17) is 17.3 Å². The van der Waals surface area contributed by atoms with Gasteiger partial charge < -0.3 is 11.1 Å². The molecule has 1 atom stereocenters. The van der Waals surface area contributed by atoms with Crippen LogP contribution in [0.5, 0.6) is 0 Å². The molecule has 2 nitrogen and oxygen atoms in total. The molecule has 0 radical (unpaired) electrons. The van der Waals surface area contributed by atoms with Crippen LogP contribution in [0, 0.1) is 17.5 Å². The number of rotatable bonds is 4. The number of nitrogens with one attached hydrogen (secondary N) is 1. The Hall–Kier alpha value is -1.72. The number of hydrogen-bond acceptors (Lipinski definition) is 2. The largest absolute Gasteiger partial charge is 0.377 e. The quantitative estimate of drug-likeness (QED) is 0.841. The van der Waals surface area contributed by atoms with E-state index in [1.807, 2.05) is 0 Å². The molecule has 2 aromatic rings. The van der Waals surface area contributed by atoms with E-state index < -0.39 is 23.5 Å². The van der Waals surface area contributed by atoms with Crippen LogP contribution < -0.4 is 11.1 Å². The minimum atomic E-state index is -1.49. The first-order valence-corrected chi connectivity index (χ1v) is 6.25. The van der Waals surface area contributed by atoms with E-state index >= 15 is 0 Å². The Balaban J connectivity index is 2.26. The third-order valence-corrected chi connectivity index (χ3v) is 3.08. The van der Waals surface area contributed by atoms with Gasteiger partial charge in [0, 0.05) is 17.3 Å². The van der Waals surface area contributed by atoms with Crippen molar-refractivity contribution in [3.8, 4) is 0 Å². The fourth-order valence-electron chi connectivity index (χ4n) is 1.80. The Bertz CT molecular complexity index is 579. The van der Waals surface area contributed by atoms with Crippen molar-refractivity contribution >= 4 is 17.3 Å². The van der Waals surface area contributed by atoms with Crippen LogP contribution in [0.2, 0.25) is 5.02 Å². The summed E-state index contributed by atoms with van der Waals surface area (Å²) in [4.78, 5) is 0. The first kappa shape index (κ1) is 14.7. The smallest absolute Gasteiger partial charge is 0.194 e. The molecular weight excluding hydrogens is 289 g/mol. The number of hydrogen-bond donors (Lipinski definition) is 2. The Morgan fingerprint density at radius 1 is 1.05 bits per heavy atom. The molecule has 0 spiro atoms. The van der Waals surface area contributed by atoms with Crippen molar-refractivity contribution in [3.63, 3.8) is 0 Å². The molecular formula is C14H12ClF3N2. The van der Waals surface area contributed by atoms with Gasteiger partial charge in [0.1, 0.15) is 0 Å². The van der Waals surface area contributed by atoms with Gasteiger partial charge in [0.05, 0.1) is 6.04 Å². The SMILES string of the molecule is NCC(Nc1ccc(Cl)cc1)c1cc(F)c(F)c(F)c1. The summed E-state index contributed by atoms with van der Waals surface area (Å²) in [6.45, 7) is 0.0904. The molecule has 0 aliphatic rings. The molecule has 0 aliphatic heterocycles. The van der Waals surface area contributed by atoms with Crippen LogP contribution in [-0.4, -0.2) is 6.54 Å². The van der Waals surface area contributed by atoms with Crippen LogP contribution in [0.1, 0.15) is 11.6 Å². The van der Waals surface area contributed by atoms with E-state index in [9.17, 15) is 13.2 Å². The van der Waals surface area contributed by atoms with Gasteiger partial charge in [0.2, 0.25) is 0 Å². The number of nitrogens with two attached hydrogens (primary N) is 1. The highest BCUT2D eigenvalue weighted by Crippen LogP contribution is 2.23. The second-order valence-corrected chi connectivity index (χ2v) is 4.67. The summed E-state index contributed by atoms with van der Waals surface area (Å²) in [5.74, 6) is -3.97. The maximum atomic E-state index is 13.2. The van der Waals surface area contributed by atoms with Crippen molar-refractivity contribution in [1.82, 2.24) is 0 Å². The molecule has 0 fully saturated rings. The molecule has 0 saturated heterocycles. The molecule has 20 heavy (non-hydrogen) atoms. The topological polar surface area (TPSA) is 38.0 Å². The van der Waals surface area contributed by atoms with E-state index in [1.165, 1.54) is 0 Å². The molecule has 0 saturated carbocycles. The maximum absolute atomic E-state index is 13.2. The Labute approximate surface area is 119 Å². The monoisotopic (exact) mass is 300 g/mol. The van der Waals surface area contributed by atoms with E-state index in [0.717, 1.165) is 12.1 Å². The van der Waals surface area contributed by atoms with Crippen LogP contribution in [0.4, 0.5) is 18.9 Å². The summed E-state index contributed by atoms with van der Waals surface area (Å²) in [6.07, 6.45) is 0. The maximum Gasteiger partial charge on any atom is 0.194 e. The molecule has 1 unspecified atom stereocenters. The normalized spacial score (nSPS) is 12.2. The van der Waals surface area contributed by atoms with Gasteiger partial charge in [-0.05, 0) is 42.0 Å². The van der Waals surface area contributed by atoms with E-state index in [1.54, 1.807) is 24.3 Å². The summed E-state index contributed by atoms with van der Waals surface area (Å²) < 4.78 is 39.4. The predicted molar refractivity (Wildman–Crippen MR) is 73.2 cm³/mol. The summed E-state index contributed by atoms with van der Waals surface area (Å²) in [5, 5.41) is 3.57. The predicted octanol–water partition coefficient (Wildman–Crippen LogP) is 3.87. The molecule has 0 heterocycles. The standard InChI is InChI=1S/C14H12ClF3N2/c15-9-1-3-10(4-2-9)20-13(7-19)8-5-11(16)14(18)12(17)6-8/h1-6,13,20H,7,19H2. The molecule has 6 heteroatoms. The van der Waals surface area contributed by atoms with E-state index in [-0.39, 0.29) is 12.1 Å². The Kier molecular flexibility index (Phi) is 4.52. The van der Waals surface area contributed by atoms with Gasteiger partial charge in [-0.15, -0.1) is 0 Å². The third kappa shape index (κ3) is 3.23. The summed E-state index contributed by atoms with van der Waals surface area (Å²) in [6, 6.07) is 8.08. The van der Waals surface area contributed by atoms with Crippen molar-refractivity contribution < 1.29 is 13.2 Å². The zero-order valence-corrected chi connectivity index (χ0v) is 11.1. The van der Waals surface area contributed by atoms with Gasteiger partial charge in [-0.2, -0.15) is 0 Å². The molecule has 2 rings (SSSR count). The van der Waals surface area contributed by atoms with Crippen LogP contribution in [0.15, 0.2) is 36.4 Å². The fraction of sp³-hybridized carbons (Fsp3) is 0.143. The Morgan fingerprint density at radius 3 is 2.10 bits per heavy atom. The molecule has 3 N–H and O–H groups in total. The lowest BCUT2D eigenvalue weighted by atomic mass is 10.1. The van der Waals surface area contributed by atoms with Crippen molar-refractivity contribution in [3.05, 3.63) is 64.4 Å². The van der Waals surface area contributed by atoms with Crippen molar-refractivity contribution in [2.45, 2.75) is 6.04 Å². The first-order chi connectivity index (χ1) is 9.51. The van der Waals surface area contributed by atoms with Gasteiger partial charge in [-0.1, -0.05) is 11.6 Å². The van der Waals surface area contributed by atoms with Crippen molar-refractivity contribution in [1.29, 1.82) is 0 Å². The summed E-state index contributed by atoms with van der Waals surface area (Å²) in [5.41, 5.74) is 6.52. The molecule has 0 aliphatic carbocycles. The first-order valence-electron chi connectivity index (χ1n) is 5.88. The second kappa shape index (κ2) is 6.15. The summed E-state index contributed by atoms with van der Waals surface area (Å²) in [7, 11) is 0. The second-order valence-electron chi connectivity index (χ2n) is 4.24. The molecule has 0 bridgehead atoms. The fourth-order valence-corrected chi connectivity index (χ4v) is 1.93. The highest BCUT2D eigenvalue weighted by atomic mass is 35.5.